The summed E-state index contributed by atoms with van der Waals surface area (Å²) in [5.74, 6) is 0.953. The average molecular weight is 234 g/mol. The summed E-state index contributed by atoms with van der Waals surface area (Å²) >= 11 is 0. The van der Waals surface area contributed by atoms with Gasteiger partial charge in [0.15, 0.2) is 0 Å². The van der Waals surface area contributed by atoms with E-state index in [1.165, 1.54) is 6.07 Å². The number of hydrogen-bond acceptors (Lipinski definition) is 5. The van der Waals surface area contributed by atoms with Crippen molar-refractivity contribution in [2.45, 2.75) is 19.9 Å². The topological polar surface area (TPSA) is 83.8 Å². The van der Waals surface area contributed by atoms with Gasteiger partial charge in [-0.25, -0.2) is 0 Å². The number of H-pyrrole nitrogens is 1. The molecule has 2 rings (SSSR count). The van der Waals surface area contributed by atoms with Gasteiger partial charge in [0.1, 0.15) is 0 Å². The zero-order valence-electron chi connectivity index (χ0n) is 9.56. The molecular weight excluding hydrogens is 220 g/mol. The molecule has 2 aromatic heterocycles. The second-order valence-corrected chi connectivity index (χ2v) is 3.62. The van der Waals surface area contributed by atoms with Crippen molar-refractivity contribution in [2.75, 3.05) is 6.54 Å². The van der Waals surface area contributed by atoms with E-state index in [1.54, 1.807) is 12.3 Å². The van der Waals surface area contributed by atoms with Gasteiger partial charge in [-0.15, -0.1) is 10.2 Å². The second-order valence-electron chi connectivity index (χ2n) is 3.62. The third kappa shape index (κ3) is 3.01. The zero-order chi connectivity index (χ0) is 12.1. The Morgan fingerprint density at radius 3 is 3.00 bits per heavy atom. The molecule has 6 nitrogen and oxygen atoms in total. The van der Waals surface area contributed by atoms with Crippen molar-refractivity contribution in [3.8, 4) is 11.5 Å². The molecule has 90 valence electrons. The van der Waals surface area contributed by atoms with Crippen molar-refractivity contribution >= 4 is 0 Å². The number of pyridine rings is 1. The first-order valence-electron chi connectivity index (χ1n) is 5.52. The van der Waals surface area contributed by atoms with Crippen LogP contribution in [0.25, 0.3) is 11.5 Å². The van der Waals surface area contributed by atoms with Gasteiger partial charge in [-0.3, -0.25) is 4.79 Å². The number of nitrogens with zero attached hydrogens (tertiary/aromatic N) is 2. The van der Waals surface area contributed by atoms with E-state index in [2.05, 4.69) is 27.4 Å². The molecule has 0 bridgehead atoms. The van der Waals surface area contributed by atoms with E-state index in [0.29, 0.717) is 23.9 Å². The van der Waals surface area contributed by atoms with Crippen molar-refractivity contribution in [1.82, 2.24) is 20.5 Å². The maximum Gasteiger partial charge on any atom is 0.249 e. The first kappa shape index (κ1) is 11.5. The first-order valence-corrected chi connectivity index (χ1v) is 5.52. The molecule has 2 heterocycles. The lowest BCUT2D eigenvalue weighted by Gasteiger charge is -1.96. The molecule has 6 heteroatoms. The molecule has 17 heavy (non-hydrogen) atoms. The molecule has 0 saturated heterocycles. The van der Waals surface area contributed by atoms with Gasteiger partial charge in [0.2, 0.25) is 17.3 Å². The standard InChI is InChI=1S/C11H14N4O2/c1-2-5-12-7-10-14-15-11(17-10)8-3-4-9(16)13-6-8/h3-4,6,12H,2,5,7H2,1H3,(H,13,16). The molecule has 0 aliphatic carbocycles. The van der Waals surface area contributed by atoms with Gasteiger partial charge < -0.3 is 14.7 Å². The zero-order valence-corrected chi connectivity index (χ0v) is 9.56. The lowest BCUT2D eigenvalue weighted by atomic mass is 10.3. The summed E-state index contributed by atoms with van der Waals surface area (Å²) in [6.45, 7) is 3.56. The molecule has 0 aliphatic heterocycles. The van der Waals surface area contributed by atoms with Crippen LogP contribution in [0, 0.1) is 0 Å². The molecule has 0 amide bonds. The highest BCUT2D eigenvalue weighted by Gasteiger charge is 2.07. The summed E-state index contributed by atoms with van der Waals surface area (Å²) < 4.78 is 5.45. The van der Waals surface area contributed by atoms with Crippen LogP contribution in [0.4, 0.5) is 0 Å². The Hall–Kier alpha value is -1.95. The summed E-state index contributed by atoms with van der Waals surface area (Å²) in [5, 5.41) is 11.0. The minimum Gasteiger partial charge on any atom is -0.419 e. The number of aromatic amines is 1. The Morgan fingerprint density at radius 2 is 2.29 bits per heavy atom. The van der Waals surface area contributed by atoms with Gasteiger partial charge in [-0.1, -0.05) is 6.92 Å². The van der Waals surface area contributed by atoms with E-state index >= 15 is 0 Å². The van der Waals surface area contributed by atoms with Gasteiger partial charge >= 0.3 is 0 Å². The van der Waals surface area contributed by atoms with Crippen LogP contribution in [0.2, 0.25) is 0 Å². The van der Waals surface area contributed by atoms with Crippen molar-refractivity contribution in [2.24, 2.45) is 0 Å². The van der Waals surface area contributed by atoms with E-state index in [0.717, 1.165) is 13.0 Å². The molecule has 0 aromatic carbocycles. The van der Waals surface area contributed by atoms with Gasteiger partial charge in [0.05, 0.1) is 12.1 Å². The molecular formula is C11H14N4O2. The Bertz CT molecular complexity index is 512. The summed E-state index contributed by atoms with van der Waals surface area (Å²) in [4.78, 5) is 13.5. The Kier molecular flexibility index (Phi) is 3.66. The summed E-state index contributed by atoms with van der Waals surface area (Å²) in [7, 11) is 0. The third-order valence-electron chi connectivity index (χ3n) is 2.20. The Balaban J connectivity index is 2.07. The normalized spacial score (nSPS) is 10.6. The summed E-state index contributed by atoms with van der Waals surface area (Å²) in [6.07, 6.45) is 2.61. The van der Waals surface area contributed by atoms with Crippen LogP contribution in [0.15, 0.2) is 27.5 Å². The van der Waals surface area contributed by atoms with Crippen molar-refractivity contribution < 1.29 is 4.42 Å². The van der Waals surface area contributed by atoms with E-state index in [4.69, 9.17) is 4.42 Å². The van der Waals surface area contributed by atoms with Crippen LogP contribution in [0.5, 0.6) is 0 Å². The molecule has 2 aromatic rings. The Morgan fingerprint density at radius 1 is 1.41 bits per heavy atom. The maximum atomic E-state index is 10.9. The highest BCUT2D eigenvalue weighted by Crippen LogP contribution is 2.14. The van der Waals surface area contributed by atoms with Crippen LogP contribution < -0.4 is 10.9 Å². The second kappa shape index (κ2) is 5.40. The molecule has 0 radical (unpaired) electrons. The van der Waals surface area contributed by atoms with E-state index in [1.807, 2.05) is 0 Å². The lowest BCUT2D eigenvalue weighted by Crippen LogP contribution is -2.13. The molecule has 0 atom stereocenters. The number of aromatic nitrogens is 3. The lowest BCUT2D eigenvalue weighted by molar-refractivity contribution is 0.477. The van der Waals surface area contributed by atoms with Crippen LogP contribution in [0.3, 0.4) is 0 Å². The SMILES string of the molecule is CCCNCc1nnc(-c2ccc(=O)[nH]c2)o1. The number of nitrogens with one attached hydrogen (secondary N) is 2. The molecule has 0 saturated carbocycles. The van der Waals surface area contributed by atoms with Crippen LogP contribution >= 0.6 is 0 Å². The molecule has 0 unspecified atom stereocenters. The van der Waals surface area contributed by atoms with Crippen molar-refractivity contribution in [3.05, 3.63) is 34.6 Å². The van der Waals surface area contributed by atoms with E-state index < -0.39 is 0 Å². The smallest absolute Gasteiger partial charge is 0.249 e. The fraction of sp³-hybridized carbons (Fsp3) is 0.364. The first-order chi connectivity index (χ1) is 8.29. The fourth-order valence-electron chi connectivity index (χ4n) is 1.36. The molecule has 0 aliphatic rings. The van der Waals surface area contributed by atoms with Crippen molar-refractivity contribution in [1.29, 1.82) is 0 Å². The van der Waals surface area contributed by atoms with Gasteiger partial charge in [-0.2, -0.15) is 0 Å². The fourth-order valence-corrected chi connectivity index (χ4v) is 1.36. The van der Waals surface area contributed by atoms with Crippen molar-refractivity contribution in [3.63, 3.8) is 0 Å². The quantitative estimate of drug-likeness (QED) is 0.752. The van der Waals surface area contributed by atoms with Crippen LogP contribution in [-0.4, -0.2) is 21.7 Å². The highest BCUT2D eigenvalue weighted by atomic mass is 16.4. The molecule has 0 spiro atoms. The van der Waals surface area contributed by atoms with Crippen LogP contribution in [-0.2, 0) is 6.54 Å². The summed E-state index contributed by atoms with van der Waals surface area (Å²) in [5.41, 5.74) is 0.553. The minimum absolute atomic E-state index is 0.155. The van der Waals surface area contributed by atoms with Gasteiger partial charge in [-0.05, 0) is 19.0 Å². The van der Waals surface area contributed by atoms with Gasteiger partial charge in [0.25, 0.3) is 0 Å². The molecule has 0 fully saturated rings. The maximum absolute atomic E-state index is 10.9. The summed E-state index contributed by atoms with van der Waals surface area (Å²) in [6, 6.07) is 3.07. The largest absolute Gasteiger partial charge is 0.419 e. The predicted molar refractivity (Wildman–Crippen MR) is 62.4 cm³/mol. The number of hydrogen-bond donors (Lipinski definition) is 2. The predicted octanol–water partition coefficient (Wildman–Crippen LogP) is 0.924. The number of rotatable bonds is 5. The van der Waals surface area contributed by atoms with Crippen LogP contribution in [0.1, 0.15) is 19.2 Å². The monoisotopic (exact) mass is 234 g/mol. The van der Waals surface area contributed by atoms with E-state index in [-0.39, 0.29) is 5.56 Å². The molecule has 2 N–H and O–H groups in total. The Labute approximate surface area is 98.1 Å². The van der Waals surface area contributed by atoms with Gasteiger partial charge in [0, 0.05) is 12.3 Å². The average Bonchev–Trinajstić information content (AvgIpc) is 2.79. The third-order valence-corrected chi connectivity index (χ3v) is 2.20. The minimum atomic E-state index is -0.155. The van der Waals surface area contributed by atoms with E-state index in [9.17, 15) is 4.79 Å². The highest BCUT2D eigenvalue weighted by molar-refractivity contribution is 5.49.